The van der Waals surface area contributed by atoms with Crippen molar-refractivity contribution in [3.63, 3.8) is 0 Å². The van der Waals surface area contributed by atoms with Gasteiger partial charge in [0.1, 0.15) is 5.75 Å². The molecule has 0 radical (unpaired) electrons. The van der Waals surface area contributed by atoms with E-state index in [0.29, 0.717) is 17.0 Å². The van der Waals surface area contributed by atoms with Crippen LogP contribution in [-0.4, -0.2) is 43.7 Å². The fourth-order valence-corrected chi connectivity index (χ4v) is 2.54. The van der Waals surface area contributed by atoms with E-state index in [0.717, 1.165) is 0 Å². The molecule has 2 unspecified atom stereocenters. The summed E-state index contributed by atoms with van der Waals surface area (Å²) < 4.78 is 48.3. The summed E-state index contributed by atoms with van der Waals surface area (Å²) in [6, 6.07) is 1.91. The average Bonchev–Trinajstić information content (AvgIpc) is 2.86. The van der Waals surface area contributed by atoms with Gasteiger partial charge in [0.15, 0.2) is 0 Å². The van der Waals surface area contributed by atoms with Gasteiger partial charge in [0.05, 0.1) is 19.6 Å². The highest BCUT2D eigenvalue weighted by Crippen LogP contribution is 2.37. The van der Waals surface area contributed by atoms with Gasteiger partial charge in [-0.25, -0.2) is 4.79 Å². The number of hydrogen-bond acceptors (Lipinski definition) is 5. The zero-order chi connectivity index (χ0) is 19.5. The molecule has 1 heterocycles. The number of methoxy groups -OCH3 is 1. The van der Waals surface area contributed by atoms with Crippen LogP contribution < -0.4 is 15.4 Å². The number of fused-ring (bicyclic) bond motifs is 1. The van der Waals surface area contributed by atoms with E-state index in [1.807, 2.05) is 0 Å². The summed E-state index contributed by atoms with van der Waals surface area (Å²) in [4.78, 5) is 35.5. The Kier molecular flexibility index (Phi) is 5.73. The van der Waals surface area contributed by atoms with Gasteiger partial charge in [0.25, 0.3) is 0 Å². The summed E-state index contributed by atoms with van der Waals surface area (Å²) in [6.45, 7) is 1.08. The molecule has 2 amide bonds. The Morgan fingerprint density at radius 2 is 2.04 bits per heavy atom. The molecule has 0 fully saturated rings. The van der Waals surface area contributed by atoms with Crippen LogP contribution in [0.15, 0.2) is 18.2 Å². The molecule has 0 spiro atoms. The fraction of sp³-hybridized carbons (Fsp3) is 0.438. The average molecular weight is 374 g/mol. The van der Waals surface area contributed by atoms with Crippen LogP contribution >= 0.6 is 0 Å². The molecule has 0 saturated carbocycles. The molecule has 142 valence electrons. The summed E-state index contributed by atoms with van der Waals surface area (Å²) in [5.41, 5.74) is 0.885. The maximum atomic E-state index is 13.0. The number of alkyl halides is 3. The molecule has 1 aromatic carbocycles. The van der Waals surface area contributed by atoms with Gasteiger partial charge >= 0.3 is 12.1 Å². The molecule has 1 aromatic rings. The van der Waals surface area contributed by atoms with E-state index in [1.54, 1.807) is 17.4 Å². The van der Waals surface area contributed by atoms with Crippen LogP contribution in [0.4, 0.5) is 18.9 Å². The van der Waals surface area contributed by atoms with E-state index in [-0.39, 0.29) is 6.61 Å². The van der Waals surface area contributed by atoms with Gasteiger partial charge in [0, 0.05) is 12.1 Å². The second kappa shape index (κ2) is 7.63. The van der Waals surface area contributed by atoms with Crippen molar-refractivity contribution in [3.05, 3.63) is 23.8 Å². The van der Waals surface area contributed by atoms with Gasteiger partial charge in [-0.1, -0.05) is 0 Å². The lowest BCUT2D eigenvalue weighted by atomic mass is 9.96. The largest absolute Gasteiger partial charge is 0.497 e. The predicted octanol–water partition coefficient (Wildman–Crippen LogP) is 1.73. The lowest BCUT2D eigenvalue weighted by Crippen LogP contribution is -2.51. The third kappa shape index (κ3) is 4.24. The molecule has 2 atom stereocenters. The first-order valence-corrected chi connectivity index (χ1v) is 7.68. The number of esters is 1. The van der Waals surface area contributed by atoms with Crippen molar-refractivity contribution in [1.82, 2.24) is 5.32 Å². The van der Waals surface area contributed by atoms with Gasteiger partial charge in [0.2, 0.25) is 17.9 Å². The van der Waals surface area contributed by atoms with E-state index in [1.165, 1.54) is 20.1 Å². The first-order chi connectivity index (χ1) is 12.2. The van der Waals surface area contributed by atoms with Crippen LogP contribution in [0.5, 0.6) is 5.75 Å². The van der Waals surface area contributed by atoms with Gasteiger partial charge in [-0.15, -0.1) is 0 Å². The number of benzene rings is 1. The standard InChI is InChI=1S/C16H17F3N2O5/c1-3-26-15(24)13(16(17,18)19)21-12(22)7-10-9-6-8(25-2)4-5-11(9)20-14(10)23/h4-6,10,13H,3,7H2,1-2H3,(H,20,23)(H,21,22). The quantitative estimate of drug-likeness (QED) is 0.740. The third-order valence-electron chi connectivity index (χ3n) is 3.75. The summed E-state index contributed by atoms with van der Waals surface area (Å²) in [5, 5.41) is 4.14. The lowest BCUT2D eigenvalue weighted by Gasteiger charge is -2.20. The highest BCUT2D eigenvalue weighted by molar-refractivity contribution is 6.05. The van der Waals surface area contributed by atoms with Crippen molar-refractivity contribution in [2.75, 3.05) is 19.0 Å². The molecular formula is C16H17F3N2O5. The Labute approximate surface area is 146 Å². The van der Waals surface area contributed by atoms with Crippen molar-refractivity contribution in [2.24, 2.45) is 0 Å². The number of ether oxygens (including phenoxy) is 2. The Morgan fingerprint density at radius 1 is 1.35 bits per heavy atom. The Morgan fingerprint density at radius 3 is 2.62 bits per heavy atom. The van der Waals surface area contributed by atoms with E-state index < -0.39 is 42.3 Å². The normalized spacial score (nSPS) is 17.1. The van der Waals surface area contributed by atoms with Crippen LogP contribution in [0.2, 0.25) is 0 Å². The number of amides is 2. The maximum absolute atomic E-state index is 13.0. The van der Waals surface area contributed by atoms with Gasteiger partial charge in [-0.05, 0) is 30.7 Å². The van der Waals surface area contributed by atoms with Crippen LogP contribution in [0, 0.1) is 0 Å². The van der Waals surface area contributed by atoms with Crippen LogP contribution in [0.1, 0.15) is 24.8 Å². The molecule has 1 aliphatic heterocycles. The topological polar surface area (TPSA) is 93.7 Å². The summed E-state index contributed by atoms with van der Waals surface area (Å²) in [5.74, 6) is -3.79. The minimum atomic E-state index is -5.01. The minimum absolute atomic E-state index is 0.264. The molecule has 26 heavy (non-hydrogen) atoms. The second-order valence-corrected chi connectivity index (χ2v) is 5.49. The molecule has 2 rings (SSSR count). The number of carbonyl (C=O) groups is 3. The van der Waals surface area contributed by atoms with Crippen molar-refractivity contribution in [1.29, 1.82) is 0 Å². The monoisotopic (exact) mass is 374 g/mol. The van der Waals surface area contributed by atoms with Gasteiger partial charge < -0.3 is 20.1 Å². The van der Waals surface area contributed by atoms with Crippen molar-refractivity contribution >= 4 is 23.5 Å². The van der Waals surface area contributed by atoms with Gasteiger partial charge in [-0.3, -0.25) is 9.59 Å². The maximum Gasteiger partial charge on any atom is 0.419 e. The highest BCUT2D eigenvalue weighted by Gasteiger charge is 2.47. The second-order valence-electron chi connectivity index (χ2n) is 5.49. The van der Waals surface area contributed by atoms with E-state index in [9.17, 15) is 27.6 Å². The summed E-state index contributed by atoms with van der Waals surface area (Å²) >= 11 is 0. The molecule has 0 aliphatic carbocycles. The van der Waals surface area contributed by atoms with E-state index in [4.69, 9.17) is 4.74 Å². The smallest absolute Gasteiger partial charge is 0.419 e. The minimum Gasteiger partial charge on any atom is -0.497 e. The highest BCUT2D eigenvalue weighted by atomic mass is 19.4. The lowest BCUT2D eigenvalue weighted by molar-refractivity contribution is -0.186. The first-order valence-electron chi connectivity index (χ1n) is 7.68. The van der Waals surface area contributed by atoms with Crippen LogP contribution in [0.3, 0.4) is 0 Å². The SMILES string of the molecule is CCOC(=O)C(NC(=O)CC1C(=O)Nc2ccc(OC)cc21)C(F)(F)F. The van der Waals surface area contributed by atoms with Crippen LogP contribution in [-0.2, 0) is 19.1 Å². The van der Waals surface area contributed by atoms with E-state index >= 15 is 0 Å². The van der Waals surface area contributed by atoms with Gasteiger partial charge in [-0.2, -0.15) is 13.2 Å². The Bertz CT molecular complexity index is 720. The molecule has 1 aliphatic rings. The molecule has 7 nitrogen and oxygen atoms in total. The Hall–Kier alpha value is -2.78. The summed E-state index contributed by atoms with van der Waals surface area (Å²) in [7, 11) is 1.42. The predicted molar refractivity (Wildman–Crippen MR) is 83.6 cm³/mol. The number of halogens is 3. The molecule has 0 aromatic heterocycles. The van der Waals surface area contributed by atoms with Crippen molar-refractivity contribution in [2.45, 2.75) is 31.5 Å². The number of carbonyl (C=O) groups excluding carboxylic acids is 3. The molecular weight excluding hydrogens is 357 g/mol. The zero-order valence-electron chi connectivity index (χ0n) is 14.0. The number of hydrogen-bond donors (Lipinski definition) is 2. The number of nitrogens with one attached hydrogen (secondary N) is 2. The molecule has 2 N–H and O–H groups in total. The third-order valence-corrected chi connectivity index (χ3v) is 3.75. The van der Waals surface area contributed by atoms with Crippen molar-refractivity contribution < 1.29 is 37.0 Å². The molecule has 0 saturated heterocycles. The number of anilines is 1. The Balaban J connectivity index is 2.14. The zero-order valence-corrected chi connectivity index (χ0v) is 14.0. The van der Waals surface area contributed by atoms with E-state index in [2.05, 4.69) is 10.1 Å². The first kappa shape index (κ1) is 19.5. The summed E-state index contributed by atoms with van der Waals surface area (Å²) in [6.07, 6.45) is -5.57. The number of rotatable bonds is 6. The van der Waals surface area contributed by atoms with Crippen molar-refractivity contribution in [3.8, 4) is 5.75 Å². The molecule has 10 heteroatoms. The fourth-order valence-electron chi connectivity index (χ4n) is 2.54. The molecule has 0 bridgehead atoms. The van der Waals surface area contributed by atoms with Crippen LogP contribution in [0.25, 0.3) is 0 Å².